The van der Waals surface area contributed by atoms with Gasteiger partial charge in [-0.1, -0.05) is 57.9 Å². The molecule has 11 heteroatoms. The van der Waals surface area contributed by atoms with Crippen LogP contribution in [0.25, 0.3) is 0 Å². The van der Waals surface area contributed by atoms with Crippen molar-refractivity contribution in [3.8, 4) is 0 Å². The average molecular weight is 472 g/mol. The van der Waals surface area contributed by atoms with Crippen LogP contribution in [-0.2, 0) is 20.3 Å². The Morgan fingerprint density at radius 1 is 0.735 bits per heavy atom. The third kappa shape index (κ3) is 5.83. The Morgan fingerprint density at radius 2 is 1.12 bits per heavy atom. The van der Waals surface area contributed by atoms with E-state index < -0.39 is 24.1 Å². The minimum Gasteiger partial charge on any atom is -0.448 e. The molecule has 0 amide bonds. The van der Waals surface area contributed by atoms with Crippen molar-refractivity contribution >= 4 is 11.9 Å². The van der Waals surface area contributed by atoms with Gasteiger partial charge in [0.25, 0.3) is 11.8 Å². The van der Waals surface area contributed by atoms with E-state index in [0.29, 0.717) is 11.6 Å². The van der Waals surface area contributed by atoms with Crippen LogP contribution >= 0.6 is 0 Å². The van der Waals surface area contributed by atoms with Gasteiger partial charge in [0.15, 0.2) is 23.9 Å². The Kier molecular flexibility index (Phi) is 6.85. The van der Waals surface area contributed by atoms with Crippen molar-refractivity contribution in [1.82, 2.24) is 25.3 Å². The molecular weight excluding hydrogens is 442 g/mol. The number of ether oxygens (including phenoxy) is 2. The van der Waals surface area contributed by atoms with E-state index in [-0.39, 0.29) is 34.0 Å². The van der Waals surface area contributed by atoms with Gasteiger partial charge in [0.1, 0.15) is 11.4 Å². The normalized spacial score (nSPS) is 13.9. The second kappa shape index (κ2) is 9.32. The summed E-state index contributed by atoms with van der Waals surface area (Å²) in [7, 11) is 0. The van der Waals surface area contributed by atoms with E-state index in [9.17, 15) is 9.59 Å². The second-order valence-corrected chi connectivity index (χ2v) is 9.92. The monoisotopic (exact) mass is 471 g/mol. The SMILES string of the molecule is CC(OC(=O)c1cccc(C(=O)OC(C)c2nc(C(C)(C)C)no2)n1)c1nc(C(C)(C)C)no1. The molecular formula is C23H29N5O6. The van der Waals surface area contributed by atoms with Gasteiger partial charge in [-0.05, 0) is 26.0 Å². The fraction of sp³-hybridized carbons (Fsp3) is 0.522. The molecule has 2 atom stereocenters. The minimum absolute atomic E-state index is 0.0719. The van der Waals surface area contributed by atoms with E-state index >= 15 is 0 Å². The van der Waals surface area contributed by atoms with Crippen LogP contribution in [0.2, 0.25) is 0 Å². The van der Waals surface area contributed by atoms with Crippen molar-refractivity contribution < 1.29 is 28.1 Å². The summed E-state index contributed by atoms with van der Waals surface area (Å²) in [5.74, 6) is -0.181. The van der Waals surface area contributed by atoms with Crippen LogP contribution in [-0.4, -0.2) is 37.2 Å². The Morgan fingerprint density at radius 3 is 1.44 bits per heavy atom. The van der Waals surface area contributed by atoms with Crippen LogP contribution in [0.1, 0.15) is 112 Å². The molecule has 0 bridgehead atoms. The number of esters is 2. The van der Waals surface area contributed by atoms with Gasteiger partial charge < -0.3 is 18.5 Å². The maximum absolute atomic E-state index is 12.6. The molecule has 0 aliphatic rings. The van der Waals surface area contributed by atoms with Gasteiger partial charge in [-0.25, -0.2) is 14.6 Å². The van der Waals surface area contributed by atoms with Crippen molar-refractivity contribution in [3.05, 3.63) is 53.0 Å². The first-order chi connectivity index (χ1) is 15.8. The highest BCUT2D eigenvalue weighted by atomic mass is 16.6. The van der Waals surface area contributed by atoms with E-state index in [4.69, 9.17) is 18.5 Å². The first kappa shape index (κ1) is 25.0. The molecule has 0 aliphatic heterocycles. The topological polar surface area (TPSA) is 143 Å². The zero-order chi connectivity index (χ0) is 25.3. The summed E-state index contributed by atoms with van der Waals surface area (Å²) < 4.78 is 21.2. The Balaban J connectivity index is 1.66. The van der Waals surface area contributed by atoms with Crippen LogP contribution in [0.15, 0.2) is 27.2 Å². The molecule has 34 heavy (non-hydrogen) atoms. The summed E-state index contributed by atoms with van der Waals surface area (Å²) >= 11 is 0. The van der Waals surface area contributed by atoms with Crippen molar-refractivity contribution in [2.24, 2.45) is 0 Å². The summed E-state index contributed by atoms with van der Waals surface area (Å²) in [5, 5.41) is 7.84. The highest BCUT2D eigenvalue weighted by molar-refractivity contribution is 5.91. The van der Waals surface area contributed by atoms with E-state index in [0.717, 1.165) is 0 Å². The molecule has 0 aliphatic carbocycles. The molecule has 3 rings (SSSR count). The summed E-state index contributed by atoms with van der Waals surface area (Å²) in [6.07, 6.45) is -1.61. The van der Waals surface area contributed by atoms with Crippen molar-refractivity contribution in [2.75, 3.05) is 0 Å². The molecule has 0 aromatic carbocycles. The summed E-state index contributed by atoms with van der Waals surface area (Å²) in [6.45, 7) is 14.9. The van der Waals surface area contributed by atoms with Crippen LogP contribution in [0.3, 0.4) is 0 Å². The molecule has 0 spiro atoms. The lowest BCUT2D eigenvalue weighted by Gasteiger charge is -2.12. The number of aromatic nitrogens is 5. The smallest absolute Gasteiger partial charge is 0.357 e. The van der Waals surface area contributed by atoms with Crippen LogP contribution in [0, 0.1) is 0 Å². The zero-order valence-corrected chi connectivity index (χ0v) is 20.6. The Labute approximate surface area is 197 Å². The van der Waals surface area contributed by atoms with Gasteiger partial charge in [0.05, 0.1) is 0 Å². The first-order valence-corrected chi connectivity index (χ1v) is 10.8. The standard InChI is InChI=1S/C23H29N5O6/c1-12(16-25-20(27-33-16)22(3,4)5)31-18(29)14-10-9-11-15(24-14)19(30)32-13(2)17-26-21(28-34-17)23(6,7)8/h9-13H,1-8H3. The highest BCUT2D eigenvalue weighted by Crippen LogP contribution is 2.24. The van der Waals surface area contributed by atoms with Gasteiger partial charge in [0, 0.05) is 10.8 Å². The third-order valence-corrected chi connectivity index (χ3v) is 4.66. The highest BCUT2D eigenvalue weighted by Gasteiger charge is 2.27. The van der Waals surface area contributed by atoms with Gasteiger partial charge in [0.2, 0.25) is 0 Å². The molecule has 2 unspecified atom stereocenters. The van der Waals surface area contributed by atoms with Crippen LogP contribution in [0.5, 0.6) is 0 Å². The number of carbonyl (C=O) groups is 2. The zero-order valence-electron chi connectivity index (χ0n) is 20.6. The largest absolute Gasteiger partial charge is 0.448 e. The van der Waals surface area contributed by atoms with Gasteiger partial charge in [-0.15, -0.1) is 0 Å². The molecule has 3 aromatic rings. The lowest BCUT2D eigenvalue weighted by molar-refractivity contribution is 0.0249. The number of carbonyl (C=O) groups excluding carboxylic acids is 2. The van der Waals surface area contributed by atoms with Gasteiger partial charge >= 0.3 is 11.9 Å². The quantitative estimate of drug-likeness (QED) is 0.475. The maximum atomic E-state index is 12.6. The third-order valence-electron chi connectivity index (χ3n) is 4.66. The fourth-order valence-electron chi connectivity index (χ4n) is 2.61. The maximum Gasteiger partial charge on any atom is 0.357 e. The Bertz CT molecular complexity index is 1080. The number of nitrogens with zero attached hydrogens (tertiary/aromatic N) is 5. The van der Waals surface area contributed by atoms with E-state index in [1.54, 1.807) is 13.8 Å². The van der Waals surface area contributed by atoms with Gasteiger partial charge in [-0.3, -0.25) is 0 Å². The van der Waals surface area contributed by atoms with E-state index in [2.05, 4.69) is 25.3 Å². The van der Waals surface area contributed by atoms with Gasteiger partial charge in [-0.2, -0.15) is 9.97 Å². The number of rotatable bonds is 6. The lowest BCUT2D eigenvalue weighted by Crippen LogP contribution is -2.16. The van der Waals surface area contributed by atoms with E-state index in [1.807, 2.05) is 41.5 Å². The summed E-state index contributed by atoms with van der Waals surface area (Å²) in [5.41, 5.74) is -0.766. The Hall–Kier alpha value is -3.63. The molecule has 0 fully saturated rings. The van der Waals surface area contributed by atoms with Crippen LogP contribution < -0.4 is 0 Å². The summed E-state index contributed by atoms with van der Waals surface area (Å²) in [6, 6.07) is 4.36. The number of hydrogen-bond donors (Lipinski definition) is 0. The predicted octanol–water partition coefficient (Wildman–Crippen LogP) is 4.28. The second-order valence-electron chi connectivity index (χ2n) is 9.92. The van der Waals surface area contributed by atoms with Crippen molar-refractivity contribution in [1.29, 1.82) is 0 Å². The average Bonchev–Trinajstić information content (AvgIpc) is 3.43. The van der Waals surface area contributed by atoms with E-state index in [1.165, 1.54) is 18.2 Å². The lowest BCUT2D eigenvalue weighted by atomic mass is 9.96. The first-order valence-electron chi connectivity index (χ1n) is 10.8. The minimum atomic E-state index is -0.803. The molecule has 0 radical (unpaired) electrons. The van der Waals surface area contributed by atoms with Crippen molar-refractivity contribution in [2.45, 2.75) is 78.4 Å². The molecule has 0 N–H and O–H groups in total. The molecule has 11 nitrogen and oxygen atoms in total. The molecule has 0 saturated heterocycles. The fourth-order valence-corrected chi connectivity index (χ4v) is 2.61. The molecule has 182 valence electrons. The van der Waals surface area contributed by atoms with Crippen molar-refractivity contribution in [3.63, 3.8) is 0 Å². The number of hydrogen-bond acceptors (Lipinski definition) is 11. The predicted molar refractivity (Wildman–Crippen MR) is 118 cm³/mol. The molecule has 3 heterocycles. The molecule has 0 saturated carbocycles. The number of pyridine rings is 1. The van der Waals surface area contributed by atoms with Crippen LogP contribution in [0.4, 0.5) is 0 Å². The summed E-state index contributed by atoms with van der Waals surface area (Å²) in [4.78, 5) is 37.8. The molecule has 3 aromatic heterocycles.